The van der Waals surface area contributed by atoms with Crippen molar-refractivity contribution in [2.75, 3.05) is 18.9 Å². The number of ether oxygens (including phenoxy) is 1. The topological polar surface area (TPSA) is 70.2 Å². The van der Waals surface area contributed by atoms with Gasteiger partial charge in [-0.25, -0.2) is 4.79 Å². The Bertz CT molecular complexity index is 1080. The number of hydrogen-bond acceptors (Lipinski definition) is 4. The lowest BCUT2D eigenvalue weighted by atomic mass is 9.85. The number of likely N-dealkylation sites (N-methyl/N-ethyl adjacent to an activating group) is 1. The summed E-state index contributed by atoms with van der Waals surface area (Å²) in [6.45, 7) is 5.23. The third-order valence-electron chi connectivity index (χ3n) is 5.31. The summed E-state index contributed by atoms with van der Waals surface area (Å²) < 4.78 is 5.37. The molecule has 1 amide bonds. The van der Waals surface area contributed by atoms with Gasteiger partial charge in [-0.05, 0) is 61.9 Å². The van der Waals surface area contributed by atoms with E-state index in [4.69, 9.17) is 27.9 Å². The molecule has 2 aromatic carbocycles. The van der Waals surface area contributed by atoms with Gasteiger partial charge in [-0.3, -0.25) is 10.4 Å². The number of anilines is 1. The summed E-state index contributed by atoms with van der Waals surface area (Å²) in [4.78, 5) is 14.5. The molecule has 0 saturated heterocycles. The zero-order chi connectivity index (χ0) is 21.4. The number of H-pyrrole nitrogens is 1. The number of carbonyl (C=O) groups is 1. The molecule has 0 bridgehead atoms. The van der Waals surface area contributed by atoms with Crippen LogP contribution in [0.3, 0.4) is 0 Å². The maximum Gasteiger partial charge on any atom is 0.417 e. The highest BCUT2D eigenvalue weighted by Gasteiger charge is 2.27. The first-order valence-electron chi connectivity index (χ1n) is 9.58. The molecule has 1 unspecified atom stereocenters. The quantitative estimate of drug-likeness (QED) is 0.557. The molecule has 0 saturated carbocycles. The molecule has 0 radical (unpaired) electrons. The average Bonchev–Trinajstić information content (AvgIpc) is 3.01. The van der Waals surface area contributed by atoms with E-state index in [0.29, 0.717) is 32.9 Å². The second-order valence-electron chi connectivity index (χ2n) is 7.60. The molecule has 8 heteroatoms. The van der Waals surface area contributed by atoms with Crippen molar-refractivity contribution in [1.29, 1.82) is 0 Å². The summed E-state index contributed by atoms with van der Waals surface area (Å²) in [7, 11) is 2.08. The summed E-state index contributed by atoms with van der Waals surface area (Å²) in [6.07, 6.45) is -0.559. The smallest absolute Gasteiger partial charge is 0.406 e. The van der Waals surface area contributed by atoms with Crippen LogP contribution >= 0.6 is 23.2 Å². The fourth-order valence-corrected chi connectivity index (χ4v) is 4.43. The Morgan fingerprint density at radius 2 is 1.97 bits per heavy atom. The third kappa shape index (κ3) is 4.17. The highest BCUT2D eigenvalue weighted by Crippen LogP contribution is 2.38. The van der Waals surface area contributed by atoms with Crippen LogP contribution in [0.2, 0.25) is 10.0 Å². The third-order valence-corrected chi connectivity index (χ3v) is 5.86. The number of halogens is 2. The maximum absolute atomic E-state index is 12.2. The van der Waals surface area contributed by atoms with Crippen LogP contribution in [0.25, 0.3) is 0 Å². The van der Waals surface area contributed by atoms with Gasteiger partial charge in [0.1, 0.15) is 5.69 Å². The number of nitrogens with zero attached hydrogens (tertiary/aromatic N) is 2. The number of aryl methyl sites for hydroxylation is 2. The van der Waals surface area contributed by atoms with E-state index in [1.54, 1.807) is 19.9 Å². The average molecular weight is 445 g/mol. The predicted octanol–water partition coefficient (Wildman–Crippen LogP) is 5.52. The number of rotatable bonds is 3. The van der Waals surface area contributed by atoms with E-state index in [-0.39, 0.29) is 5.92 Å². The lowest BCUT2D eigenvalue weighted by Crippen LogP contribution is -2.31. The van der Waals surface area contributed by atoms with Crippen molar-refractivity contribution in [3.05, 3.63) is 74.5 Å². The van der Waals surface area contributed by atoms with Gasteiger partial charge in [0, 0.05) is 34.7 Å². The summed E-state index contributed by atoms with van der Waals surface area (Å²) in [5.41, 5.74) is 5.37. The number of aromatic nitrogens is 2. The van der Waals surface area contributed by atoms with E-state index >= 15 is 0 Å². The van der Waals surface area contributed by atoms with Crippen molar-refractivity contribution < 1.29 is 9.53 Å². The summed E-state index contributed by atoms with van der Waals surface area (Å²) in [6, 6.07) is 11.5. The predicted molar refractivity (Wildman–Crippen MR) is 119 cm³/mol. The van der Waals surface area contributed by atoms with Crippen molar-refractivity contribution in [1.82, 2.24) is 15.1 Å². The van der Waals surface area contributed by atoms with E-state index in [1.165, 1.54) is 0 Å². The number of aromatic amines is 1. The zero-order valence-electron chi connectivity index (χ0n) is 16.9. The number of carbonyl (C=O) groups excluding carboxylic acids is 1. The Hall–Kier alpha value is -2.54. The van der Waals surface area contributed by atoms with Crippen molar-refractivity contribution in [3.8, 4) is 5.75 Å². The minimum absolute atomic E-state index is 0.146. The van der Waals surface area contributed by atoms with Crippen molar-refractivity contribution in [2.24, 2.45) is 0 Å². The Balaban J connectivity index is 1.52. The van der Waals surface area contributed by atoms with Crippen LogP contribution in [0.5, 0.6) is 5.75 Å². The van der Waals surface area contributed by atoms with Crippen molar-refractivity contribution in [3.63, 3.8) is 0 Å². The fourth-order valence-electron chi connectivity index (χ4n) is 3.86. The fraction of sp³-hybridized carbons (Fsp3) is 0.273. The molecule has 0 aliphatic carbocycles. The van der Waals surface area contributed by atoms with E-state index in [1.807, 2.05) is 30.3 Å². The van der Waals surface area contributed by atoms with E-state index in [9.17, 15) is 4.79 Å². The van der Waals surface area contributed by atoms with Crippen LogP contribution in [-0.4, -0.2) is 34.8 Å². The van der Waals surface area contributed by atoms with Gasteiger partial charge in [0.2, 0.25) is 0 Å². The number of fused-ring (bicyclic) bond motifs is 1. The monoisotopic (exact) mass is 444 g/mol. The molecular weight excluding hydrogens is 423 g/mol. The SMILES string of the molecule is Cc1n[nH]c(C)c1OC(=O)Nc1ccc(C2CN(C)Cc3c(Cl)cc(Cl)cc32)cc1. The number of nitrogens with one attached hydrogen (secondary N) is 2. The minimum Gasteiger partial charge on any atom is -0.406 e. The van der Waals surface area contributed by atoms with E-state index < -0.39 is 6.09 Å². The van der Waals surface area contributed by atoms with E-state index in [0.717, 1.165) is 29.8 Å². The van der Waals surface area contributed by atoms with Gasteiger partial charge >= 0.3 is 6.09 Å². The normalized spacial score (nSPS) is 16.2. The lowest BCUT2D eigenvalue weighted by Gasteiger charge is -2.33. The van der Waals surface area contributed by atoms with Gasteiger partial charge in [0.05, 0.1) is 5.69 Å². The molecule has 4 rings (SSSR count). The second-order valence-corrected chi connectivity index (χ2v) is 8.45. The van der Waals surface area contributed by atoms with Crippen molar-refractivity contribution in [2.45, 2.75) is 26.3 Å². The second kappa shape index (κ2) is 8.30. The molecule has 1 aliphatic heterocycles. The zero-order valence-corrected chi connectivity index (χ0v) is 18.4. The standard InChI is InChI=1S/C22H22Cl2N4O2/c1-12-21(13(2)27-26-12)30-22(29)25-16-6-4-14(5-7-16)18-10-28(3)11-19-17(18)8-15(23)9-20(19)24/h4-9,18H,10-11H2,1-3H3,(H,25,29)(H,26,27). The summed E-state index contributed by atoms with van der Waals surface area (Å²) in [5.74, 6) is 0.590. The molecule has 3 aromatic rings. The lowest BCUT2D eigenvalue weighted by molar-refractivity contribution is 0.214. The van der Waals surface area contributed by atoms with Crippen molar-refractivity contribution >= 4 is 35.0 Å². The molecule has 2 heterocycles. The van der Waals surface area contributed by atoms with Crippen LogP contribution in [0.4, 0.5) is 10.5 Å². The first kappa shape index (κ1) is 20.7. The molecular formula is C22H22Cl2N4O2. The highest BCUT2D eigenvalue weighted by molar-refractivity contribution is 6.35. The Kier molecular flexibility index (Phi) is 5.73. The van der Waals surface area contributed by atoms with Crippen LogP contribution in [0, 0.1) is 13.8 Å². The Morgan fingerprint density at radius 1 is 1.23 bits per heavy atom. The number of amides is 1. The molecule has 1 aliphatic rings. The number of hydrogen-bond donors (Lipinski definition) is 2. The summed E-state index contributed by atoms with van der Waals surface area (Å²) in [5, 5.41) is 10.9. The maximum atomic E-state index is 12.2. The molecule has 2 N–H and O–H groups in total. The highest BCUT2D eigenvalue weighted by atomic mass is 35.5. The molecule has 6 nitrogen and oxygen atoms in total. The van der Waals surface area contributed by atoms with Crippen LogP contribution in [0.1, 0.15) is 34.0 Å². The van der Waals surface area contributed by atoms with Crippen LogP contribution in [0.15, 0.2) is 36.4 Å². The van der Waals surface area contributed by atoms with Gasteiger partial charge in [-0.1, -0.05) is 35.3 Å². The van der Waals surface area contributed by atoms with Gasteiger partial charge in [-0.2, -0.15) is 5.10 Å². The van der Waals surface area contributed by atoms with Gasteiger partial charge in [-0.15, -0.1) is 0 Å². The first-order chi connectivity index (χ1) is 14.3. The van der Waals surface area contributed by atoms with E-state index in [2.05, 4.69) is 27.5 Å². The first-order valence-corrected chi connectivity index (χ1v) is 10.3. The summed E-state index contributed by atoms with van der Waals surface area (Å²) >= 11 is 12.7. The number of benzene rings is 2. The van der Waals surface area contributed by atoms with Crippen LogP contribution < -0.4 is 10.1 Å². The molecule has 1 atom stereocenters. The molecule has 156 valence electrons. The van der Waals surface area contributed by atoms with Crippen LogP contribution in [-0.2, 0) is 6.54 Å². The minimum atomic E-state index is -0.559. The molecule has 1 aromatic heterocycles. The Labute approximate surface area is 185 Å². The Morgan fingerprint density at radius 3 is 2.63 bits per heavy atom. The van der Waals surface area contributed by atoms with Gasteiger partial charge in [0.25, 0.3) is 0 Å². The molecule has 0 spiro atoms. The largest absolute Gasteiger partial charge is 0.417 e. The van der Waals surface area contributed by atoms with Gasteiger partial charge < -0.3 is 9.64 Å². The molecule has 0 fully saturated rings. The molecule has 30 heavy (non-hydrogen) atoms. The van der Waals surface area contributed by atoms with Gasteiger partial charge in [0.15, 0.2) is 5.75 Å².